The molecule has 0 saturated carbocycles. The van der Waals surface area contributed by atoms with Gasteiger partial charge in [-0.3, -0.25) is 4.79 Å². The molecule has 0 aliphatic heterocycles. The van der Waals surface area contributed by atoms with Gasteiger partial charge in [0.1, 0.15) is 6.04 Å². The van der Waals surface area contributed by atoms with Crippen LogP contribution in [0.1, 0.15) is 6.42 Å². The van der Waals surface area contributed by atoms with Crippen LogP contribution in [0.4, 0.5) is 0 Å². The summed E-state index contributed by atoms with van der Waals surface area (Å²) < 4.78 is 0. The number of carboxylic acids is 1. The zero-order valence-corrected chi connectivity index (χ0v) is 10.6. The van der Waals surface area contributed by atoms with Gasteiger partial charge in [-0.15, -0.1) is 0 Å². The summed E-state index contributed by atoms with van der Waals surface area (Å²) in [6, 6.07) is -0.743. The number of hydrogen-bond donors (Lipinski definition) is 3. The van der Waals surface area contributed by atoms with Crippen molar-refractivity contribution in [3.63, 3.8) is 0 Å². The van der Waals surface area contributed by atoms with Gasteiger partial charge in [0.25, 0.3) is 0 Å². The zero-order valence-electron chi connectivity index (χ0n) is 5.84. The topological polar surface area (TPSA) is 63.3 Å². The molecule has 0 spiro atoms. The van der Waals surface area contributed by atoms with Crippen LogP contribution in [0.15, 0.2) is 0 Å². The van der Waals surface area contributed by atoms with Crippen LogP contribution in [0.2, 0.25) is 0 Å². The summed E-state index contributed by atoms with van der Waals surface area (Å²) in [6.07, 6.45) is 0.429. The van der Waals surface area contributed by atoms with Gasteiger partial charge >= 0.3 is 48.0 Å². The van der Waals surface area contributed by atoms with Gasteiger partial charge < -0.3 is 10.8 Å². The van der Waals surface area contributed by atoms with Crippen molar-refractivity contribution in [3.8, 4) is 0 Å². The van der Waals surface area contributed by atoms with Crippen LogP contribution in [0.5, 0.6) is 0 Å². The molecule has 0 aromatic heterocycles. The Balaban J connectivity index is 0. The fourth-order valence-corrected chi connectivity index (χ4v) is 0.541. The number of aliphatic carboxylic acids is 1. The van der Waals surface area contributed by atoms with Gasteiger partial charge in [0.15, 0.2) is 0 Å². The number of halogens is 3. The standard InChI is InChI=1S/C4H9NO2S.3ClH.Rh/c5-3(1-2-8)4(6)7;;;;/h3,8H,1-2,5H2,(H,6,7);3*1H;/q;;;;+3/p-3/t3-;;;;/m0..../s1. The molecular formula is C4H9Cl3NO2RhS. The van der Waals surface area contributed by atoms with E-state index in [2.05, 4.69) is 12.6 Å². The van der Waals surface area contributed by atoms with Crippen LogP contribution in [-0.4, -0.2) is 22.9 Å². The van der Waals surface area contributed by atoms with E-state index in [9.17, 15) is 4.79 Å². The van der Waals surface area contributed by atoms with Crippen molar-refractivity contribution < 1.29 is 22.9 Å². The minimum absolute atomic E-state index is 0.429. The molecule has 3 nitrogen and oxygen atoms in total. The Morgan fingerprint density at radius 3 is 2.00 bits per heavy atom. The average Bonchev–Trinajstić information content (AvgIpc) is 1.86. The monoisotopic (exact) mass is 343 g/mol. The third-order valence-electron chi connectivity index (χ3n) is 0.757. The minimum atomic E-state index is -1.66. The molecule has 0 aliphatic rings. The first-order valence-electron chi connectivity index (χ1n) is 2.65. The van der Waals surface area contributed by atoms with E-state index in [1.807, 2.05) is 0 Å². The first-order chi connectivity index (χ1) is 5.41. The maximum atomic E-state index is 9.93. The van der Waals surface area contributed by atoms with Gasteiger partial charge in [-0.05, 0) is 12.2 Å². The third-order valence-corrected chi connectivity index (χ3v) is 1.02. The Hall–Kier alpha value is 1.27. The first kappa shape index (κ1) is 15.7. The molecule has 0 unspecified atom stereocenters. The van der Waals surface area contributed by atoms with Crippen molar-refractivity contribution in [1.29, 1.82) is 0 Å². The molecule has 0 rings (SSSR count). The van der Waals surface area contributed by atoms with Crippen LogP contribution in [-0.2, 0) is 17.8 Å². The van der Waals surface area contributed by atoms with Crippen molar-refractivity contribution in [2.75, 3.05) is 5.75 Å². The van der Waals surface area contributed by atoms with Crippen LogP contribution in [0.3, 0.4) is 0 Å². The Bertz CT molecular complexity index is 126. The van der Waals surface area contributed by atoms with Crippen molar-refractivity contribution in [2.24, 2.45) is 5.73 Å². The number of rotatable bonds is 3. The second-order valence-corrected chi connectivity index (χ2v) is 9.51. The summed E-state index contributed by atoms with van der Waals surface area (Å²) in [5.41, 5.74) is 5.08. The third kappa shape index (κ3) is 17.4. The van der Waals surface area contributed by atoms with Crippen molar-refractivity contribution >= 4 is 47.7 Å². The molecule has 0 radical (unpaired) electrons. The molecule has 3 N–H and O–H groups in total. The van der Waals surface area contributed by atoms with Gasteiger partial charge in [-0.1, -0.05) is 0 Å². The van der Waals surface area contributed by atoms with E-state index in [1.54, 1.807) is 0 Å². The maximum absolute atomic E-state index is 9.93. The number of carboxylic acid groups (broad SMARTS) is 1. The van der Waals surface area contributed by atoms with E-state index >= 15 is 0 Å². The molecule has 0 aromatic carbocycles. The van der Waals surface area contributed by atoms with Crippen molar-refractivity contribution in [3.05, 3.63) is 0 Å². The molecule has 8 heteroatoms. The Labute approximate surface area is 94.0 Å². The van der Waals surface area contributed by atoms with Crippen LogP contribution in [0.25, 0.3) is 0 Å². The van der Waals surface area contributed by atoms with Gasteiger partial charge in [-0.25, -0.2) is 0 Å². The van der Waals surface area contributed by atoms with E-state index < -0.39 is 25.0 Å². The van der Waals surface area contributed by atoms with Gasteiger partial charge in [0.05, 0.1) is 0 Å². The summed E-state index contributed by atoms with van der Waals surface area (Å²) in [4.78, 5) is 9.93. The second kappa shape index (κ2) is 10.4. The van der Waals surface area contributed by atoms with Gasteiger partial charge in [0, 0.05) is 0 Å². The summed E-state index contributed by atoms with van der Waals surface area (Å²) >= 11 is 2.15. The predicted molar refractivity (Wildman–Crippen MR) is 51.6 cm³/mol. The van der Waals surface area contributed by atoms with Crippen LogP contribution in [0, 0.1) is 0 Å². The second-order valence-electron chi connectivity index (χ2n) is 1.60. The van der Waals surface area contributed by atoms with E-state index in [1.165, 1.54) is 0 Å². The molecule has 0 fully saturated rings. The quantitative estimate of drug-likeness (QED) is 0.540. The van der Waals surface area contributed by atoms with E-state index in [-0.39, 0.29) is 0 Å². The number of nitrogens with two attached hydrogens (primary N) is 1. The molecule has 0 heterocycles. The molecule has 0 saturated heterocycles. The van der Waals surface area contributed by atoms with Crippen molar-refractivity contribution in [2.45, 2.75) is 12.5 Å². The molecule has 0 aromatic rings. The average molecular weight is 344 g/mol. The Morgan fingerprint density at radius 1 is 1.58 bits per heavy atom. The Kier molecular flexibility index (Phi) is 13.6. The van der Waals surface area contributed by atoms with Gasteiger partial charge in [0.2, 0.25) is 0 Å². The fourth-order valence-electron chi connectivity index (χ4n) is 0.263. The number of hydrogen-bond acceptors (Lipinski definition) is 3. The SMILES string of the molecule is N[C@@H](CCS)C(=O)O.[Cl][Rh]([Cl])[Cl]. The molecule has 0 bridgehead atoms. The number of carbonyl (C=O) groups is 1. The fraction of sp³-hybridized carbons (Fsp3) is 0.750. The molecule has 12 heavy (non-hydrogen) atoms. The predicted octanol–water partition coefficient (Wildman–Crippen LogP) is 1.78. The summed E-state index contributed by atoms with van der Waals surface area (Å²) in [5, 5.41) is 8.15. The number of thiol groups is 1. The molecule has 0 amide bonds. The summed E-state index contributed by atoms with van der Waals surface area (Å²) in [6.45, 7) is 0. The van der Waals surface area contributed by atoms with E-state index in [4.69, 9.17) is 39.9 Å². The van der Waals surface area contributed by atoms with E-state index in [0.29, 0.717) is 12.2 Å². The zero-order chi connectivity index (χ0) is 10.1. The Morgan fingerprint density at radius 2 is 1.92 bits per heavy atom. The van der Waals surface area contributed by atoms with Crippen molar-refractivity contribution in [1.82, 2.24) is 0 Å². The molecule has 0 aliphatic carbocycles. The summed E-state index contributed by atoms with van der Waals surface area (Å²) in [7, 11) is 14.8. The first-order valence-corrected chi connectivity index (χ1v) is 9.61. The normalized spacial score (nSPS) is 12.6. The summed E-state index contributed by atoms with van der Waals surface area (Å²) in [5.74, 6) is -0.438. The van der Waals surface area contributed by atoms with Crippen LogP contribution >= 0.6 is 41.7 Å². The molecule has 78 valence electrons. The van der Waals surface area contributed by atoms with E-state index in [0.717, 1.165) is 0 Å². The van der Waals surface area contributed by atoms with Gasteiger partial charge in [-0.2, -0.15) is 12.6 Å². The molecular weight excluding hydrogens is 335 g/mol. The molecule has 1 atom stereocenters. The van der Waals surface area contributed by atoms with Crippen LogP contribution < -0.4 is 5.73 Å².